The number of nitrogens with one attached hydrogen (secondary N) is 1. The third-order valence-corrected chi connectivity index (χ3v) is 3.94. The molecule has 2 aromatic rings. The SMILES string of the molecule is CCNC(c1ccc(Cl)c(C)c1)c1cc(C)c(F)cc1F. The zero-order valence-corrected chi connectivity index (χ0v) is 13.1. The number of aryl methyl sites for hydroxylation is 2. The van der Waals surface area contributed by atoms with Crippen molar-refractivity contribution in [3.05, 3.63) is 69.2 Å². The summed E-state index contributed by atoms with van der Waals surface area (Å²) in [6.07, 6.45) is 0. The molecule has 0 aliphatic rings. The van der Waals surface area contributed by atoms with E-state index in [1.807, 2.05) is 26.0 Å². The third kappa shape index (κ3) is 3.42. The van der Waals surface area contributed by atoms with Gasteiger partial charge in [0.2, 0.25) is 0 Å². The largest absolute Gasteiger partial charge is 0.306 e. The third-order valence-electron chi connectivity index (χ3n) is 3.51. The van der Waals surface area contributed by atoms with E-state index in [0.29, 0.717) is 22.7 Å². The van der Waals surface area contributed by atoms with Crippen molar-refractivity contribution in [3.8, 4) is 0 Å². The van der Waals surface area contributed by atoms with Crippen LogP contribution in [0, 0.1) is 25.5 Å². The van der Waals surface area contributed by atoms with Gasteiger partial charge in [-0.25, -0.2) is 8.78 Å². The van der Waals surface area contributed by atoms with E-state index in [1.54, 1.807) is 19.1 Å². The van der Waals surface area contributed by atoms with Crippen molar-refractivity contribution in [2.75, 3.05) is 6.54 Å². The second-order valence-corrected chi connectivity index (χ2v) is 5.53. The fourth-order valence-electron chi connectivity index (χ4n) is 2.36. The predicted molar refractivity (Wildman–Crippen MR) is 82.8 cm³/mol. The molecule has 0 radical (unpaired) electrons. The highest BCUT2D eigenvalue weighted by molar-refractivity contribution is 6.31. The van der Waals surface area contributed by atoms with Gasteiger partial charge in [0, 0.05) is 16.7 Å². The lowest BCUT2D eigenvalue weighted by molar-refractivity contribution is 0.537. The van der Waals surface area contributed by atoms with Gasteiger partial charge in [-0.3, -0.25) is 0 Å². The van der Waals surface area contributed by atoms with Crippen LogP contribution in [-0.4, -0.2) is 6.54 Å². The van der Waals surface area contributed by atoms with Gasteiger partial charge < -0.3 is 5.32 Å². The molecule has 0 spiro atoms. The summed E-state index contributed by atoms with van der Waals surface area (Å²) in [7, 11) is 0. The summed E-state index contributed by atoms with van der Waals surface area (Å²) in [5.41, 5.74) is 2.71. The number of hydrogen-bond donors (Lipinski definition) is 1. The molecule has 0 amide bonds. The summed E-state index contributed by atoms with van der Waals surface area (Å²) in [6, 6.07) is 7.75. The Morgan fingerprint density at radius 1 is 1.05 bits per heavy atom. The average Bonchev–Trinajstić information content (AvgIpc) is 2.44. The second kappa shape index (κ2) is 6.54. The lowest BCUT2D eigenvalue weighted by atomic mass is 9.95. The normalized spacial score (nSPS) is 12.5. The molecule has 1 unspecified atom stereocenters. The van der Waals surface area contributed by atoms with Gasteiger partial charge in [0.1, 0.15) is 11.6 Å². The van der Waals surface area contributed by atoms with Crippen LogP contribution < -0.4 is 5.32 Å². The van der Waals surface area contributed by atoms with Gasteiger partial charge in [-0.1, -0.05) is 30.7 Å². The maximum absolute atomic E-state index is 14.2. The van der Waals surface area contributed by atoms with Crippen LogP contribution in [0.15, 0.2) is 30.3 Å². The molecule has 1 N–H and O–H groups in total. The highest BCUT2D eigenvalue weighted by Crippen LogP contribution is 2.29. The highest BCUT2D eigenvalue weighted by Gasteiger charge is 2.19. The lowest BCUT2D eigenvalue weighted by Crippen LogP contribution is -2.23. The summed E-state index contributed by atoms with van der Waals surface area (Å²) < 4.78 is 27.6. The average molecular weight is 310 g/mol. The molecular weight excluding hydrogens is 292 g/mol. The summed E-state index contributed by atoms with van der Waals surface area (Å²) in [5, 5.41) is 3.91. The van der Waals surface area contributed by atoms with Crippen LogP contribution in [0.25, 0.3) is 0 Å². The lowest BCUT2D eigenvalue weighted by Gasteiger charge is -2.21. The number of hydrogen-bond acceptors (Lipinski definition) is 1. The molecule has 2 rings (SSSR count). The van der Waals surface area contributed by atoms with Crippen LogP contribution in [0.5, 0.6) is 0 Å². The van der Waals surface area contributed by atoms with Crippen molar-refractivity contribution in [2.45, 2.75) is 26.8 Å². The first-order chi connectivity index (χ1) is 9.93. The predicted octanol–water partition coefficient (Wildman–Crippen LogP) is 4.93. The molecular formula is C17H18ClF2N. The van der Waals surface area contributed by atoms with Crippen molar-refractivity contribution < 1.29 is 8.78 Å². The van der Waals surface area contributed by atoms with Crippen LogP contribution in [0.2, 0.25) is 5.02 Å². The molecule has 1 nitrogen and oxygen atoms in total. The van der Waals surface area contributed by atoms with Gasteiger partial charge in [-0.15, -0.1) is 0 Å². The molecule has 0 aliphatic carbocycles. The fraction of sp³-hybridized carbons (Fsp3) is 0.294. The van der Waals surface area contributed by atoms with Crippen LogP contribution in [-0.2, 0) is 0 Å². The minimum Gasteiger partial charge on any atom is -0.306 e. The van der Waals surface area contributed by atoms with E-state index < -0.39 is 11.6 Å². The van der Waals surface area contributed by atoms with Gasteiger partial charge in [0.05, 0.1) is 6.04 Å². The molecule has 0 aliphatic heterocycles. The van der Waals surface area contributed by atoms with Gasteiger partial charge in [0.25, 0.3) is 0 Å². The first-order valence-corrected chi connectivity index (χ1v) is 7.26. The van der Waals surface area contributed by atoms with Gasteiger partial charge in [-0.05, 0) is 49.2 Å². The first-order valence-electron chi connectivity index (χ1n) is 6.89. The molecule has 0 bridgehead atoms. The van der Waals surface area contributed by atoms with Crippen LogP contribution in [0.4, 0.5) is 8.78 Å². The van der Waals surface area contributed by atoms with E-state index in [1.165, 1.54) is 0 Å². The Morgan fingerprint density at radius 3 is 2.38 bits per heavy atom. The Morgan fingerprint density at radius 2 is 1.76 bits per heavy atom. The monoisotopic (exact) mass is 309 g/mol. The molecule has 1 atom stereocenters. The topological polar surface area (TPSA) is 12.0 Å². The van der Waals surface area contributed by atoms with Gasteiger partial charge in [0.15, 0.2) is 0 Å². The molecule has 0 aromatic heterocycles. The molecule has 2 aromatic carbocycles. The molecule has 21 heavy (non-hydrogen) atoms. The van der Waals surface area contributed by atoms with Crippen LogP contribution in [0.1, 0.15) is 35.2 Å². The van der Waals surface area contributed by atoms with E-state index in [4.69, 9.17) is 11.6 Å². The molecule has 0 saturated heterocycles. The molecule has 112 valence electrons. The van der Waals surface area contributed by atoms with E-state index in [9.17, 15) is 8.78 Å². The van der Waals surface area contributed by atoms with E-state index >= 15 is 0 Å². The van der Waals surface area contributed by atoms with Gasteiger partial charge in [-0.2, -0.15) is 0 Å². The maximum atomic E-state index is 14.2. The van der Waals surface area contributed by atoms with Gasteiger partial charge >= 0.3 is 0 Å². The van der Waals surface area contributed by atoms with Crippen molar-refractivity contribution in [3.63, 3.8) is 0 Å². The number of benzene rings is 2. The van der Waals surface area contributed by atoms with Crippen molar-refractivity contribution in [1.82, 2.24) is 5.32 Å². The van der Waals surface area contributed by atoms with Crippen molar-refractivity contribution in [2.24, 2.45) is 0 Å². The Labute approximate surface area is 128 Å². The Kier molecular flexibility index (Phi) is 4.96. The molecule has 0 fully saturated rings. The van der Waals surface area contributed by atoms with E-state index in [2.05, 4.69) is 5.32 Å². The summed E-state index contributed by atoms with van der Waals surface area (Å²) in [6.45, 7) is 6.15. The quantitative estimate of drug-likeness (QED) is 0.844. The zero-order chi connectivity index (χ0) is 15.6. The molecule has 4 heteroatoms. The Hall–Kier alpha value is -1.45. The van der Waals surface area contributed by atoms with Crippen molar-refractivity contribution in [1.29, 1.82) is 0 Å². The standard InChI is InChI=1S/C17H18ClF2N/c1-4-21-17(12-5-6-14(18)10(2)7-12)13-8-11(3)15(19)9-16(13)20/h5-9,17,21H,4H2,1-3H3. The Bertz CT molecular complexity index is 655. The van der Waals surface area contributed by atoms with Crippen molar-refractivity contribution >= 4 is 11.6 Å². The smallest absolute Gasteiger partial charge is 0.131 e. The number of halogens is 3. The van der Waals surface area contributed by atoms with Crippen LogP contribution >= 0.6 is 11.6 Å². The maximum Gasteiger partial charge on any atom is 0.131 e. The Balaban J connectivity index is 2.52. The first kappa shape index (κ1) is 15.9. The molecule has 0 heterocycles. The minimum atomic E-state index is -0.545. The summed E-state index contributed by atoms with van der Waals surface area (Å²) in [5.74, 6) is -1.07. The summed E-state index contributed by atoms with van der Waals surface area (Å²) >= 11 is 6.04. The van der Waals surface area contributed by atoms with E-state index in [-0.39, 0.29) is 6.04 Å². The number of rotatable bonds is 4. The minimum absolute atomic E-state index is 0.328. The highest BCUT2D eigenvalue weighted by atomic mass is 35.5. The second-order valence-electron chi connectivity index (χ2n) is 5.12. The summed E-state index contributed by atoms with van der Waals surface area (Å²) in [4.78, 5) is 0. The fourth-order valence-corrected chi connectivity index (χ4v) is 2.48. The van der Waals surface area contributed by atoms with Crippen LogP contribution in [0.3, 0.4) is 0 Å². The van der Waals surface area contributed by atoms with E-state index in [0.717, 1.165) is 17.2 Å². The zero-order valence-electron chi connectivity index (χ0n) is 12.3. The molecule has 0 saturated carbocycles.